The van der Waals surface area contributed by atoms with Crippen LogP contribution in [0.25, 0.3) is 11.4 Å². The minimum atomic E-state index is -3.95. The monoisotopic (exact) mass is 471 g/mol. The van der Waals surface area contributed by atoms with Gasteiger partial charge in [-0.25, -0.2) is 12.8 Å². The molecule has 0 saturated carbocycles. The van der Waals surface area contributed by atoms with E-state index < -0.39 is 21.3 Å². The Morgan fingerprint density at radius 1 is 1.09 bits per heavy atom. The molecule has 4 rings (SSSR count). The molecule has 2 unspecified atom stereocenters. The highest BCUT2D eigenvalue weighted by atomic mass is 32.2. The molecule has 0 amide bonds. The highest BCUT2D eigenvalue weighted by Crippen LogP contribution is 2.31. The molecule has 0 bridgehead atoms. The lowest BCUT2D eigenvalue weighted by atomic mass is 10.0. The van der Waals surface area contributed by atoms with Crippen LogP contribution in [0, 0.1) is 18.2 Å². The van der Waals surface area contributed by atoms with Gasteiger partial charge >= 0.3 is 0 Å². The van der Waals surface area contributed by atoms with Gasteiger partial charge < -0.3 is 14.6 Å². The molecular weight excluding hydrogens is 449 g/mol. The number of anilines is 1. The summed E-state index contributed by atoms with van der Waals surface area (Å²) in [6.07, 6.45) is 6.74. The van der Waals surface area contributed by atoms with Gasteiger partial charge in [0.1, 0.15) is 17.1 Å². The molecule has 2 heterocycles. The zero-order valence-corrected chi connectivity index (χ0v) is 18.3. The van der Waals surface area contributed by atoms with Gasteiger partial charge in [0.15, 0.2) is 0 Å². The van der Waals surface area contributed by atoms with Crippen molar-refractivity contribution in [1.29, 1.82) is 0 Å². The Labute approximate surface area is 190 Å². The number of piperazine rings is 1. The number of hydrogen-bond acceptors (Lipinski definition) is 8. The van der Waals surface area contributed by atoms with Crippen LogP contribution in [0.4, 0.5) is 10.1 Å². The maximum atomic E-state index is 13.6. The number of nitrogens with zero attached hydrogens (tertiary/aromatic N) is 4. The summed E-state index contributed by atoms with van der Waals surface area (Å²) in [5.41, 5.74) is 3.82. The SMILES string of the molecule is C#CC(NO)C(c1ccc(-c2ncon2)cc1)S(=O)(=O)N1CCN(c2ccc(F)cc2)CC1. The Balaban J connectivity index is 1.57. The Hall–Kier alpha value is -3.30. The minimum absolute atomic E-state index is 0.222. The van der Waals surface area contributed by atoms with Gasteiger partial charge in [0.25, 0.3) is 0 Å². The maximum Gasteiger partial charge on any atom is 0.223 e. The number of terminal acetylenes is 1. The van der Waals surface area contributed by atoms with Crippen molar-refractivity contribution < 1.29 is 22.5 Å². The molecule has 1 aromatic heterocycles. The molecule has 0 radical (unpaired) electrons. The van der Waals surface area contributed by atoms with Crippen molar-refractivity contribution in [1.82, 2.24) is 19.9 Å². The fourth-order valence-electron chi connectivity index (χ4n) is 3.86. The normalized spacial score (nSPS) is 16.8. The standard InChI is InChI=1S/C22H22FN5O4S/c1-2-20(25-29)21(16-3-5-17(6-4-16)22-24-15-32-26-22)33(30,31)28-13-11-27(12-14-28)19-9-7-18(23)8-10-19/h1,3-10,15,20-21,25,29H,11-14H2. The summed E-state index contributed by atoms with van der Waals surface area (Å²) in [6, 6.07) is 11.5. The molecule has 33 heavy (non-hydrogen) atoms. The fraction of sp³-hybridized carbons (Fsp3) is 0.273. The molecule has 172 valence electrons. The quantitative estimate of drug-likeness (QED) is 0.398. The van der Waals surface area contributed by atoms with Gasteiger partial charge in [0, 0.05) is 37.4 Å². The first-order valence-electron chi connectivity index (χ1n) is 10.2. The van der Waals surface area contributed by atoms with E-state index in [1.54, 1.807) is 36.4 Å². The summed E-state index contributed by atoms with van der Waals surface area (Å²) in [5.74, 6) is 2.36. The number of sulfonamides is 1. The van der Waals surface area contributed by atoms with Gasteiger partial charge in [-0.1, -0.05) is 35.3 Å². The maximum absolute atomic E-state index is 13.6. The molecule has 3 aromatic rings. The third-order valence-corrected chi connectivity index (χ3v) is 7.86. The molecular formula is C22H22FN5O4S. The van der Waals surface area contributed by atoms with Crippen LogP contribution in [0.1, 0.15) is 10.8 Å². The summed E-state index contributed by atoms with van der Waals surface area (Å²) in [5, 5.41) is 12.1. The van der Waals surface area contributed by atoms with E-state index in [0.29, 0.717) is 30.0 Å². The van der Waals surface area contributed by atoms with Gasteiger partial charge in [0.2, 0.25) is 22.2 Å². The summed E-state index contributed by atoms with van der Waals surface area (Å²) < 4.78 is 46.6. The van der Waals surface area contributed by atoms with Crippen molar-refractivity contribution in [3.63, 3.8) is 0 Å². The molecule has 2 aromatic carbocycles. The first-order chi connectivity index (χ1) is 15.9. The molecule has 1 saturated heterocycles. The number of nitrogens with one attached hydrogen (secondary N) is 1. The summed E-state index contributed by atoms with van der Waals surface area (Å²) in [7, 11) is -3.95. The number of benzene rings is 2. The lowest BCUT2D eigenvalue weighted by Gasteiger charge is -2.37. The topological polar surface area (TPSA) is 112 Å². The first kappa shape index (κ1) is 22.9. The zero-order chi connectivity index (χ0) is 23.4. The van der Waals surface area contributed by atoms with E-state index in [-0.39, 0.29) is 18.9 Å². The van der Waals surface area contributed by atoms with E-state index in [2.05, 4.69) is 16.1 Å². The van der Waals surface area contributed by atoms with Gasteiger partial charge in [-0.15, -0.1) is 6.42 Å². The van der Waals surface area contributed by atoms with Crippen molar-refractivity contribution >= 4 is 15.7 Å². The van der Waals surface area contributed by atoms with Crippen molar-refractivity contribution in [2.75, 3.05) is 31.1 Å². The van der Waals surface area contributed by atoms with E-state index in [0.717, 1.165) is 5.69 Å². The second kappa shape index (κ2) is 9.68. The van der Waals surface area contributed by atoms with Gasteiger partial charge in [-0.3, -0.25) is 0 Å². The van der Waals surface area contributed by atoms with Crippen molar-refractivity contribution in [3.8, 4) is 23.7 Å². The molecule has 1 aliphatic rings. The fourth-order valence-corrected chi connectivity index (χ4v) is 5.84. The van der Waals surface area contributed by atoms with Crippen LogP contribution in [0.3, 0.4) is 0 Å². The predicted molar refractivity (Wildman–Crippen MR) is 119 cm³/mol. The number of rotatable bonds is 7. The number of halogens is 1. The van der Waals surface area contributed by atoms with Crippen molar-refractivity contribution in [2.45, 2.75) is 11.3 Å². The van der Waals surface area contributed by atoms with E-state index in [9.17, 15) is 18.0 Å². The van der Waals surface area contributed by atoms with Crippen LogP contribution in [0.5, 0.6) is 0 Å². The first-order valence-corrected chi connectivity index (χ1v) is 11.7. The Morgan fingerprint density at radius 3 is 2.30 bits per heavy atom. The van der Waals surface area contributed by atoms with Crippen LogP contribution < -0.4 is 10.4 Å². The van der Waals surface area contributed by atoms with Crippen LogP contribution in [0.15, 0.2) is 59.4 Å². The highest BCUT2D eigenvalue weighted by molar-refractivity contribution is 7.89. The third-order valence-electron chi connectivity index (χ3n) is 5.59. The van der Waals surface area contributed by atoms with E-state index in [1.165, 1.54) is 22.8 Å². The van der Waals surface area contributed by atoms with E-state index in [4.69, 9.17) is 10.9 Å². The van der Waals surface area contributed by atoms with Crippen molar-refractivity contribution in [3.05, 3.63) is 66.3 Å². The lowest BCUT2D eigenvalue weighted by molar-refractivity contribution is 0.143. The van der Waals surface area contributed by atoms with E-state index in [1.807, 2.05) is 10.4 Å². The smallest absolute Gasteiger partial charge is 0.223 e. The van der Waals surface area contributed by atoms with Gasteiger partial charge in [0.05, 0.1) is 0 Å². The van der Waals surface area contributed by atoms with E-state index >= 15 is 0 Å². The minimum Gasteiger partial charge on any atom is -0.369 e. The van der Waals surface area contributed by atoms with Crippen LogP contribution in [-0.4, -0.2) is 60.3 Å². The van der Waals surface area contributed by atoms with Gasteiger partial charge in [-0.2, -0.15) is 14.8 Å². The van der Waals surface area contributed by atoms with Crippen LogP contribution in [-0.2, 0) is 10.0 Å². The van der Waals surface area contributed by atoms with Crippen molar-refractivity contribution in [2.24, 2.45) is 0 Å². The number of aromatic nitrogens is 2. The molecule has 11 heteroatoms. The number of hydrogen-bond donors (Lipinski definition) is 2. The van der Waals surface area contributed by atoms with Crippen LogP contribution in [0.2, 0.25) is 0 Å². The summed E-state index contributed by atoms with van der Waals surface area (Å²) in [6.45, 7) is 1.31. The largest absolute Gasteiger partial charge is 0.369 e. The zero-order valence-electron chi connectivity index (χ0n) is 17.5. The Bertz CT molecular complexity index is 1200. The highest BCUT2D eigenvalue weighted by Gasteiger charge is 2.40. The summed E-state index contributed by atoms with van der Waals surface area (Å²) in [4.78, 5) is 5.96. The third kappa shape index (κ3) is 4.74. The van der Waals surface area contributed by atoms with Gasteiger partial charge in [-0.05, 0) is 29.8 Å². The Morgan fingerprint density at radius 2 is 1.76 bits per heavy atom. The molecule has 2 N–H and O–H groups in total. The lowest BCUT2D eigenvalue weighted by Crippen LogP contribution is -2.52. The molecule has 9 nitrogen and oxygen atoms in total. The molecule has 2 atom stereocenters. The average Bonchev–Trinajstić information content (AvgIpc) is 3.38. The second-order valence-corrected chi connectivity index (χ2v) is 9.53. The Kier molecular flexibility index (Phi) is 6.71. The summed E-state index contributed by atoms with van der Waals surface area (Å²) >= 11 is 0. The average molecular weight is 472 g/mol. The number of hydroxylamine groups is 1. The van der Waals surface area contributed by atoms with Crippen LogP contribution >= 0.6 is 0 Å². The second-order valence-electron chi connectivity index (χ2n) is 7.48. The molecule has 1 fully saturated rings. The molecule has 0 aliphatic carbocycles. The molecule has 0 spiro atoms. The molecule has 1 aliphatic heterocycles. The predicted octanol–water partition coefficient (Wildman–Crippen LogP) is 2.05.